The minimum absolute atomic E-state index is 0. The molecule has 1 aromatic carbocycles. The molecule has 0 aliphatic carbocycles. The molecule has 6 nitrogen and oxygen atoms in total. The topological polar surface area (TPSA) is 82.2 Å². The molecule has 25 heavy (non-hydrogen) atoms. The molecule has 0 fully saturated rings. The van der Waals surface area contributed by atoms with Gasteiger partial charge in [-0.15, -0.1) is 12.4 Å². The van der Waals surface area contributed by atoms with Gasteiger partial charge in [-0.1, -0.05) is 13.8 Å². The summed E-state index contributed by atoms with van der Waals surface area (Å²) in [5, 5.41) is 7.29. The van der Waals surface area contributed by atoms with Gasteiger partial charge in [-0.3, -0.25) is 9.48 Å². The Morgan fingerprint density at radius 1 is 1.28 bits per heavy atom. The third-order valence-electron chi connectivity index (χ3n) is 4.08. The van der Waals surface area contributed by atoms with Crippen LogP contribution in [0, 0.1) is 6.92 Å². The first-order chi connectivity index (χ1) is 11.6. The van der Waals surface area contributed by atoms with E-state index in [2.05, 4.69) is 24.3 Å². The zero-order valence-corrected chi connectivity index (χ0v) is 15.8. The average molecular weight is 367 g/mol. The second-order valence-electron chi connectivity index (χ2n) is 5.67. The molecule has 0 unspecified atom stereocenters. The Kier molecular flexibility index (Phi) is 8.45. The Bertz CT molecular complexity index is 666. The number of benzene rings is 1. The first kappa shape index (κ1) is 21.0. The fourth-order valence-corrected chi connectivity index (χ4v) is 2.66. The molecule has 0 radical (unpaired) electrons. The van der Waals surface area contributed by atoms with Gasteiger partial charge in [-0.05, 0) is 44.0 Å². The van der Waals surface area contributed by atoms with Gasteiger partial charge >= 0.3 is 0 Å². The summed E-state index contributed by atoms with van der Waals surface area (Å²) in [4.78, 5) is 12.5. The van der Waals surface area contributed by atoms with Crippen molar-refractivity contribution >= 4 is 24.0 Å². The number of carbonyl (C=O) groups is 1. The summed E-state index contributed by atoms with van der Waals surface area (Å²) in [5.41, 5.74) is 7.62. The van der Waals surface area contributed by atoms with Crippen molar-refractivity contribution in [2.45, 2.75) is 39.7 Å². The van der Waals surface area contributed by atoms with Crippen LogP contribution in [-0.4, -0.2) is 28.8 Å². The largest absolute Gasteiger partial charge is 0.492 e. The maximum absolute atomic E-state index is 12.5. The van der Waals surface area contributed by atoms with Crippen molar-refractivity contribution in [1.82, 2.24) is 9.78 Å². The summed E-state index contributed by atoms with van der Waals surface area (Å²) in [6.07, 6.45) is 3.62. The van der Waals surface area contributed by atoms with Gasteiger partial charge in [0.25, 0.3) is 5.91 Å². The highest BCUT2D eigenvalue weighted by molar-refractivity contribution is 6.04. The maximum atomic E-state index is 12.5. The number of hydrogen-bond donors (Lipinski definition) is 2. The Balaban J connectivity index is 0.00000312. The van der Waals surface area contributed by atoms with Crippen LogP contribution in [0.3, 0.4) is 0 Å². The van der Waals surface area contributed by atoms with Crippen molar-refractivity contribution in [3.63, 3.8) is 0 Å². The summed E-state index contributed by atoms with van der Waals surface area (Å²) < 4.78 is 7.37. The Labute approximate surface area is 155 Å². The molecule has 0 bridgehead atoms. The SMILES string of the molecule is CCC(CC)n1ncc(C(=O)Nc2ccc(OCCN)cc2)c1C.Cl. The Morgan fingerprint density at radius 2 is 1.92 bits per heavy atom. The van der Waals surface area contributed by atoms with Gasteiger partial charge in [0, 0.05) is 17.9 Å². The lowest BCUT2D eigenvalue weighted by atomic mass is 10.1. The van der Waals surface area contributed by atoms with Gasteiger partial charge in [-0.25, -0.2) is 0 Å². The molecule has 1 heterocycles. The molecular formula is C18H27ClN4O2. The van der Waals surface area contributed by atoms with E-state index in [9.17, 15) is 4.79 Å². The van der Waals surface area contributed by atoms with Crippen LogP contribution in [0.4, 0.5) is 5.69 Å². The van der Waals surface area contributed by atoms with Crippen LogP contribution in [-0.2, 0) is 0 Å². The molecule has 0 saturated carbocycles. The molecule has 0 atom stereocenters. The molecule has 1 aromatic heterocycles. The number of nitrogens with two attached hydrogens (primary N) is 1. The number of rotatable bonds is 8. The average Bonchev–Trinajstić information content (AvgIpc) is 2.97. The number of ether oxygens (including phenoxy) is 1. The van der Waals surface area contributed by atoms with Gasteiger partial charge in [0.15, 0.2) is 0 Å². The van der Waals surface area contributed by atoms with Gasteiger partial charge in [-0.2, -0.15) is 5.10 Å². The molecule has 2 aromatic rings. The number of aromatic nitrogens is 2. The van der Waals surface area contributed by atoms with Gasteiger partial charge < -0.3 is 15.8 Å². The van der Waals surface area contributed by atoms with E-state index in [1.54, 1.807) is 6.20 Å². The minimum Gasteiger partial charge on any atom is -0.492 e. The normalized spacial score (nSPS) is 10.4. The number of nitrogens with zero attached hydrogens (tertiary/aromatic N) is 2. The van der Waals surface area contributed by atoms with Crippen LogP contribution in [0.2, 0.25) is 0 Å². The number of carbonyl (C=O) groups excluding carboxylic acids is 1. The summed E-state index contributed by atoms with van der Waals surface area (Å²) >= 11 is 0. The highest BCUT2D eigenvalue weighted by atomic mass is 35.5. The number of hydrogen-bond acceptors (Lipinski definition) is 4. The Morgan fingerprint density at radius 3 is 2.48 bits per heavy atom. The molecule has 138 valence electrons. The smallest absolute Gasteiger partial charge is 0.259 e. The van der Waals surface area contributed by atoms with Crippen molar-refractivity contribution in [2.24, 2.45) is 5.73 Å². The monoisotopic (exact) mass is 366 g/mol. The first-order valence-electron chi connectivity index (χ1n) is 8.39. The fourth-order valence-electron chi connectivity index (χ4n) is 2.66. The van der Waals surface area contributed by atoms with Gasteiger partial charge in [0.05, 0.1) is 17.8 Å². The second-order valence-corrected chi connectivity index (χ2v) is 5.67. The van der Waals surface area contributed by atoms with E-state index >= 15 is 0 Å². The van der Waals surface area contributed by atoms with E-state index in [0.29, 0.717) is 24.8 Å². The van der Waals surface area contributed by atoms with Crippen molar-refractivity contribution in [3.05, 3.63) is 41.7 Å². The van der Waals surface area contributed by atoms with Crippen LogP contribution in [0.1, 0.15) is 48.8 Å². The van der Waals surface area contributed by atoms with E-state index in [4.69, 9.17) is 10.5 Å². The molecule has 0 aliphatic rings. The zero-order valence-electron chi connectivity index (χ0n) is 15.0. The van der Waals surface area contributed by atoms with Crippen LogP contribution < -0.4 is 15.8 Å². The molecule has 0 aliphatic heterocycles. The van der Waals surface area contributed by atoms with Crippen molar-refractivity contribution in [3.8, 4) is 5.75 Å². The van der Waals surface area contributed by atoms with Crippen molar-refractivity contribution in [2.75, 3.05) is 18.5 Å². The third kappa shape index (κ3) is 5.21. The summed E-state index contributed by atoms with van der Waals surface area (Å²) in [6.45, 7) is 7.13. The minimum atomic E-state index is -0.152. The number of amides is 1. The van der Waals surface area contributed by atoms with Crippen LogP contribution in [0.5, 0.6) is 5.75 Å². The zero-order chi connectivity index (χ0) is 17.5. The standard InChI is InChI=1S/C18H26N4O2.ClH/c1-4-15(5-2)22-13(3)17(12-20-22)18(23)21-14-6-8-16(9-7-14)24-11-10-19;/h6-9,12,15H,4-5,10-11,19H2,1-3H3,(H,21,23);1H. The molecule has 2 rings (SSSR count). The lowest BCUT2D eigenvalue weighted by molar-refractivity contribution is 0.102. The number of anilines is 1. The van der Waals surface area contributed by atoms with E-state index in [1.165, 1.54) is 0 Å². The predicted molar refractivity (Wildman–Crippen MR) is 103 cm³/mol. The highest BCUT2D eigenvalue weighted by Crippen LogP contribution is 2.21. The first-order valence-corrected chi connectivity index (χ1v) is 8.39. The van der Waals surface area contributed by atoms with Crippen LogP contribution in [0.15, 0.2) is 30.5 Å². The van der Waals surface area contributed by atoms with Crippen LogP contribution >= 0.6 is 12.4 Å². The van der Waals surface area contributed by atoms with Gasteiger partial charge in [0.2, 0.25) is 0 Å². The van der Waals surface area contributed by atoms with E-state index < -0.39 is 0 Å². The van der Waals surface area contributed by atoms with Crippen LogP contribution in [0.25, 0.3) is 0 Å². The molecule has 0 saturated heterocycles. The third-order valence-corrected chi connectivity index (χ3v) is 4.08. The highest BCUT2D eigenvalue weighted by Gasteiger charge is 2.18. The summed E-state index contributed by atoms with van der Waals surface area (Å²) in [5.74, 6) is 0.580. The van der Waals surface area contributed by atoms with E-state index in [0.717, 1.165) is 30.0 Å². The van der Waals surface area contributed by atoms with E-state index in [-0.39, 0.29) is 18.3 Å². The van der Waals surface area contributed by atoms with Crippen molar-refractivity contribution in [1.29, 1.82) is 0 Å². The number of halogens is 1. The molecule has 3 N–H and O–H groups in total. The quantitative estimate of drug-likeness (QED) is 0.748. The van der Waals surface area contributed by atoms with Crippen molar-refractivity contribution < 1.29 is 9.53 Å². The lowest BCUT2D eigenvalue weighted by Gasteiger charge is -2.15. The Hall–Kier alpha value is -2.05. The molecule has 1 amide bonds. The van der Waals surface area contributed by atoms with E-state index in [1.807, 2.05) is 35.9 Å². The van der Waals surface area contributed by atoms with Gasteiger partial charge in [0.1, 0.15) is 12.4 Å². The molecular weight excluding hydrogens is 340 g/mol. The number of nitrogens with one attached hydrogen (secondary N) is 1. The molecule has 0 spiro atoms. The lowest BCUT2D eigenvalue weighted by Crippen LogP contribution is -2.15. The predicted octanol–water partition coefficient (Wildman–Crippen LogP) is 3.56. The maximum Gasteiger partial charge on any atom is 0.259 e. The fraction of sp³-hybridized carbons (Fsp3) is 0.444. The molecule has 7 heteroatoms. The second kappa shape index (κ2) is 10.1. The summed E-state index contributed by atoms with van der Waals surface area (Å²) in [7, 11) is 0. The summed E-state index contributed by atoms with van der Waals surface area (Å²) in [6, 6.07) is 7.57.